The molecule has 0 bridgehead atoms. The highest BCUT2D eigenvalue weighted by Gasteiger charge is 2.11. The molecular formula is C9H9BrO3. The number of hydrogen-bond acceptors (Lipinski definition) is 2. The molecule has 0 spiro atoms. The maximum absolute atomic E-state index is 10.4. The lowest BCUT2D eigenvalue weighted by atomic mass is 10.1. The van der Waals surface area contributed by atoms with Crippen molar-refractivity contribution < 1.29 is 15.0 Å². The summed E-state index contributed by atoms with van der Waals surface area (Å²) in [5.41, 5.74) is 0.847. The second-order valence-electron chi connectivity index (χ2n) is 2.66. The number of phenolic OH excluding ortho intramolecular Hbond substituents is 1. The second kappa shape index (κ2) is 4.28. The lowest BCUT2D eigenvalue weighted by molar-refractivity contribution is -0.136. The predicted molar refractivity (Wildman–Crippen MR) is 52.0 cm³/mol. The van der Waals surface area contributed by atoms with Crippen LogP contribution in [0.1, 0.15) is 16.8 Å². The number of alkyl halides is 1. The molecule has 70 valence electrons. The predicted octanol–water partition coefficient (Wildman–Crippen LogP) is 2.30. The molecule has 1 unspecified atom stereocenters. The van der Waals surface area contributed by atoms with Crippen LogP contribution in [0.5, 0.6) is 5.75 Å². The monoisotopic (exact) mass is 244 g/mol. The summed E-state index contributed by atoms with van der Waals surface area (Å²) < 4.78 is 0. The smallest absolute Gasteiger partial charge is 0.304 e. The van der Waals surface area contributed by atoms with Crippen LogP contribution in [0.4, 0.5) is 0 Å². The van der Waals surface area contributed by atoms with Crippen molar-refractivity contribution in [1.82, 2.24) is 0 Å². The Kier molecular flexibility index (Phi) is 3.31. The first-order chi connectivity index (χ1) is 6.09. The van der Waals surface area contributed by atoms with Gasteiger partial charge in [-0.15, -0.1) is 0 Å². The molecular weight excluding hydrogens is 236 g/mol. The molecule has 0 aliphatic carbocycles. The van der Waals surface area contributed by atoms with Gasteiger partial charge in [0.05, 0.1) is 6.42 Å². The third-order valence-corrected chi connectivity index (χ3v) is 2.46. The van der Waals surface area contributed by atoms with Crippen molar-refractivity contribution in [3.63, 3.8) is 0 Å². The van der Waals surface area contributed by atoms with Crippen LogP contribution in [-0.2, 0) is 4.79 Å². The summed E-state index contributed by atoms with van der Waals surface area (Å²) in [6.45, 7) is 0. The first-order valence-electron chi connectivity index (χ1n) is 3.74. The van der Waals surface area contributed by atoms with E-state index in [9.17, 15) is 4.79 Å². The van der Waals surface area contributed by atoms with Crippen molar-refractivity contribution in [2.24, 2.45) is 0 Å². The van der Waals surface area contributed by atoms with Crippen LogP contribution < -0.4 is 0 Å². The van der Waals surface area contributed by atoms with Gasteiger partial charge in [-0.1, -0.05) is 28.1 Å². The van der Waals surface area contributed by atoms with E-state index in [-0.39, 0.29) is 17.0 Å². The number of rotatable bonds is 3. The van der Waals surface area contributed by atoms with Crippen molar-refractivity contribution in [2.75, 3.05) is 0 Å². The number of aliphatic carboxylic acids is 1. The summed E-state index contributed by atoms with van der Waals surface area (Å²) in [6.07, 6.45) is 0.0325. The van der Waals surface area contributed by atoms with Crippen molar-refractivity contribution in [3.05, 3.63) is 29.8 Å². The maximum atomic E-state index is 10.4. The minimum atomic E-state index is -0.852. The van der Waals surface area contributed by atoms with Crippen LogP contribution in [0.3, 0.4) is 0 Å². The van der Waals surface area contributed by atoms with E-state index in [4.69, 9.17) is 10.2 Å². The second-order valence-corrected chi connectivity index (χ2v) is 3.76. The summed E-state index contributed by atoms with van der Waals surface area (Å²) in [6, 6.07) is 6.45. The minimum absolute atomic E-state index is 0.0325. The lowest BCUT2D eigenvalue weighted by Crippen LogP contribution is -1.99. The Bertz CT molecular complexity index is 294. The van der Waals surface area contributed by atoms with Gasteiger partial charge < -0.3 is 10.2 Å². The van der Waals surface area contributed by atoms with Gasteiger partial charge in [-0.25, -0.2) is 0 Å². The molecule has 1 aromatic rings. The van der Waals surface area contributed by atoms with E-state index in [1.54, 1.807) is 12.1 Å². The molecule has 13 heavy (non-hydrogen) atoms. The molecule has 0 fully saturated rings. The van der Waals surface area contributed by atoms with Crippen LogP contribution >= 0.6 is 15.9 Å². The van der Waals surface area contributed by atoms with Crippen LogP contribution in [-0.4, -0.2) is 16.2 Å². The van der Waals surface area contributed by atoms with E-state index in [0.29, 0.717) is 0 Å². The number of hydrogen-bond donors (Lipinski definition) is 2. The Labute approximate surface area is 84.1 Å². The fourth-order valence-corrected chi connectivity index (χ4v) is 1.54. The largest absolute Gasteiger partial charge is 0.508 e. The Balaban J connectivity index is 2.71. The van der Waals surface area contributed by atoms with E-state index < -0.39 is 5.97 Å². The highest BCUT2D eigenvalue weighted by atomic mass is 79.9. The number of carbonyl (C=O) groups is 1. The average Bonchev–Trinajstić information content (AvgIpc) is 2.04. The molecule has 1 atom stereocenters. The van der Waals surface area contributed by atoms with Gasteiger partial charge in [0.2, 0.25) is 0 Å². The molecule has 0 amide bonds. The van der Waals surface area contributed by atoms with E-state index in [1.165, 1.54) is 12.1 Å². The zero-order valence-corrected chi connectivity index (χ0v) is 8.36. The van der Waals surface area contributed by atoms with Gasteiger partial charge in [0, 0.05) is 4.83 Å². The van der Waals surface area contributed by atoms with Crippen molar-refractivity contribution in [1.29, 1.82) is 0 Å². The Hall–Kier alpha value is -1.03. The number of carboxylic acids is 1. The van der Waals surface area contributed by atoms with Gasteiger partial charge in [-0.2, -0.15) is 0 Å². The Morgan fingerprint density at radius 2 is 1.92 bits per heavy atom. The van der Waals surface area contributed by atoms with E-state index >= 15 is 0 Å². The first-order valence-corrected chi connectivity index (χ1v) is 4.66. The fourth-order valence-electron chi connectivity index (χ4n) is 0.954. The number of aromatic hydroxyl groups is 1. The normalized spacial score (nSPS) is 12.4. The fraction of sp³-hybridized carbons (Fsp3) is 0.222. The third-order valence-electron chi connectivity index (χ3n) is 1.61. The molecule has 0 aliphatic rings. The third kappa shape index (κ3) is 3.06. The zero-order valence-electron chi connectivity index (χ0n) is 6.77. The maximum Gasteiger partial charge on any atom is 0.304 e. The van der Waals surface area contributed by atoms with Gasteiger partial charge >= 0.3 is 5.97 Å². The molecule has 0 saturated carbocycles. The summed E-state index contributed by atoms with van der Waals surface area (Å²) in [7, 11) is 0. The quantitative estimate of drug-likeness (QED) is 0.803. The standard InChI is InChI=1S/C9H9BrO3/c10-8(5-9(12)13)6-1-3-7(11)4-2-6/h1-4,8,11H,5H2,(H,12,13). The summed E-state index contributed by atoms with van der Waals surface area (Å²) in [5, 5.41) is 17.5. The summed E-state index contributed by atoms with van der Waals surface area (Å²) in [5.74, 6) is -0.672. The Morgan fingerprint density at radius 1 is 1.38 bits per heavy atom. The Morgan fingerprint density at radius 3 is 2.38 bits per heavy atom. The first kappa shape index (κ1) is 10.1. The molecule has 1 rings (SSSR count). The molecule has 3 nitrogen and oxygen atoms in total. The van der Waals surface area contributed by atoms with E-state index in [2.05, 4.69) is 15.9 Å². The van der Waals surface area contributed by atoms with Crippen LogP contribution in [0.15, 0.2) is 24.3 Å². The van der Waals surface area contributed by atoms with Gasteiger partial charge in [0.15, 0.2) is 0 Å². The summed E-state index contributed by atoms with van der Waals surface area (Å²) in [4.78, 5) is 10.2. The van der Waals surface area contributed by atoms with Gasteiger partial charge in [-0.05, 0) is 17.7 Å². The van der Waals surface area contributed by atoms with Gasteiger partial charge in [0.1, 0.15) is 5.75 Å². The van der Waals surface area contributed by atoms with Crippen LogP contribution in [0.2, 0.25) is 0 Å². The van der Waals surface area contributed by atoms with Crippen molar-refractivity contribution >= 4 is 21.9 Å². The van der Waals surface area contributed by atoms with Crippen LogP contribution in [0, 0.1) is 0 Å². The SMILES string of the molecule is O=C(O)CC(Br)c1ccc(O)cc1. The molecule has 0 aliphatic heterocycles. The number of halogens is 1. The lowest BCUT2D eigenvalue weighted by Gasteiger charge is -2.06. The number of phenols is 1. The summed E-state index contributed by atoms with van der Waals surface area (Å²) >= 11 is 3.25. The molecule has 0 aromatic heterocycles. The van der Waals surface area contributed by atoms with Crippen LogP contribution in [0.25, 0.3) is 0 Å². The molecule has 0 radical (unpaired) electrons. The van der Waals surface area contributed by atoms with Gasteiger partial charge in [-0.3, -0.25) is 4.79 Å². The van der Waals surface area contributed by atoms with Crippen molar-refractivity contribution in [3.8, 4) is 5.75 Å². The van der Waals surface area contributed by atoms with E-state index in [1.807, 2.05) is 0 Å². The average molecular weight is 245 g/mol. The zero-order chi connectivity index (χ0) is 9.84. The molecule has 1 aromatic carbocycles. The van der Waals surface area contributed by atoms with Crippen molar-refractivity contribution in [2.45, 2.75) is 11.2 Å². The number of benzene rings is 1. The van der Waals surface area contributed by atoms with Gasteiger partial charge in [0.25, 0.3) is 0 Å². The molecule has 0 saturated heterocycles. The molecule has 4 heteroatoms. The highest BCUT2D eigenvalue weighted by Crippen LogP contribution is 2.27. The minimum Gasteiger partial charge on any atom is -0.508 e. The highest BCUT2D eigenvalue weighted by molar-refractivity contribution is 9.09. The van der Waals surface area contributed by atoms with E-state index in [0.717, 1.165) is 5.56 Å². The molecule has 2 N–H and O–H groups in total. The topological polar surface area (TPSA) is 57.5 Å². The molecule has 0 heterocycles. The number of carboxylic acid groups (broad SMARTS) is 1.